The average molecular weight is 268 g/mol. The third kappa shape index (κ3) is 2.06. The number of nitro groups is 1. The van der Waals surface area contributed by atoms with E-state index in [1.54, 1.807) is 12.1 Å². The number of nitrogen functional groups attached to an aromatic ring is 1. The molecule has 2 N–H and O–H groups in total. The summed E-state index contributed by atoms with van der Waals surface area (Å²) >= 11 is 0.122. The van der Waals surface area contributed by atoms with E-state index < -0.39 is 4.92 Å². The van der Waals surface area contributed by atoms with Crippen molar-refractivity contribution in [1.29, 1.82) is 0 Å². The van der Waals surface area contributed by atoms with Crippen molar-refractivity contribution in [3.8, 4) is 11.3 Å². The zero-order chi connectivity index (χ0) is 10.8. The SMILES string of the molecule is Nc1nc(-c2ccc([N+](=O)[O-])cc2)c[se]1. The van der Waals surface area contributed by atoms with Crippen molar-refractivity contribution in [1.82, 2.24) is 4.98 Å². The number of hydrogen-bond donors (Lipinski definition) is 1. The quantitative estimate of drug-likeness (QED) is 0.505. The Morgan fingerprint density at radius 3 is 2.47 bits per heavy atom. The third-order valence-corrected chi connectivity index (χ3v) is 3.31. The van der Waals surface area contributed by atoms with Crippen molar-refractivity contribution in [2.75, 3.05) is 5.73 Å². The van der Waals surface area contributed by atoms with Gasteiger partial charge in [0.15, 0.2) is 0 Å². The Morgan fingerprint density at radius 2 is 2.00 bits per heavy atom. The van der Waals surface area contributed by atoms with Crippen molar-refractivity contribution in [2.24, 2.45) is 0 Å². The van der Waals surface area contributed by atoms with Gasteiger partial charge in [-0.3, -0.25) is 0 Å². The second-order valence-corrected chi connectivity index (χ2v) is 4.74. The van der Waals surface area contributed by atoms with Gasteiger partial charge in [0.2, 0.25) is 0 Å². The predicted molar refractivity (Wildman–Crippen MR) is 57.7 cm³/mol. The Hall–Kier alpha value is -1.65. The number of aromatic nitrogens is 1. The summed E-state index contributed by atoms with van der Waals surface area (Å²) in [6.07, 6.45) is 0. The van der Waals surface area contributed by atoms with E-state index in [4.69, 9.17) is 5.73 Å². The second-order valence-electron chi connectivity index (χ2n) is 2.87. The number of benzene rings is 1. The molecule has 76 valence electrons. The number of non-ortho nitro benzene ring substituents is 1. The molecule has 0 atom stereocenters. The maximum atomic E-state index is 10.4. The molecule has 0 unspecified atom stereocenters. The van der Waals surface area contributed by atoms with Gasteiger partial charge < -0.3 is 0 Å². The second kappa shape index (κ2) is 3.84. The molecule has 0 bridgehead atoms. The van der Waals surface area contributed by atoms with Crippen LogP contribution in [0.5, 0.6) is 0 Å². The fourth-order valence-electron chi connectivity index (χ4n) is 1.17. The summed E-state index contributed by atoms with van der Waals surface area (Å²) < 4.78 is 0.635. The normalized spacial score (nSPS) is 10.1. The van der Waals surface area contributed by atoms with Crippen LogP contribution in [0.1, 0.15) is 0 Å². The zero-order valence-corrected chi connectivity index (χ0v) is 9.30. The number of nitrogens with two attached hydrogens (primary N) is 1. The molecule has 1 aromatic heterocycles. The number of rotatable bonds is 2. The Balaban J connectivity index is 2.35. The zero-order valence-electron chi connectivity index (χ0n) is 7.58. The number of nitro benzene ring substituents is 1. The summed E-state index contributed by atoms with van der Waals surface area (Å²) in [6, 6.07) is 6.30. The van der Waals surface area contributed by atoms with Gasteiger partial charge >= 0.3 is 91.1 Å². The Kier molecular flexibility index (Phi) is 2.53. The molecular formula is C9H7N3O2Se. The van der Waals surface area contributed by atoms with Gasteiger partial charge in [0, 0.05) is 0 Å². The first-order valence-electron chi connectivity index (χ1n) is 4.12. The van der Waals surface area contributed by atoms with Crippen LogP contribution in [0.4, 0.5) is 10.4 Å². The van der Waals surface area contributed by atoms with Crippen molar-refractivity contribution < 1.29 is 4.92 Å². The van der Waals surface area contributed by atoms with Gasteiger partial charge in [0.1, 0.15) is 0 Å². The van der Waals surface area contributed by atoms with Gasteiger partial charge in [-0.15, -0.1) is 0 Å². The van der Waals surface area contributed by atoms with Gasteiger partial charge in [-0.2, -0.15) is 0 Å². The Morgan fingerprint density at radius 1 is 1.33 bits per heavy atom. The first-order valence-corrected chi connectivity index (χ1v) is 5.97. The monoisotopic (exact) mass is 269 g/mol. The molecule has 0 fully saturated rings. The summed E-state index contributed by atoms with van der Waals surface area (Å²) in [7, 11) is 0. The van der Waals surface area contributed by atoms with Crippen LogP contribution >= 0.6 is 0 Å². The summed E-state index contributed by atoms with van der Waals surface area (Å²) in [5.74, 6) is 0. The Bertz CT molecular complexity index is 492. The summed E-state index contributed by atoms with van der Waals surface area (Å²) in [6.45, 7) is 0. The Labute approximate surface area is 91.5 Å². The third-order valence-electron chi connectivity index (χ3n) is 1.90. The van der Waals surface area contributed by atoms with Crippen LogP contribution in [-0.2, 0) is 0 Å². The molecule has 0 saturated heterocycles. The van der Waals surface area contributed by atoms with E-state index in [2.05, 4.69) is 4.98 Å². The first kappa shape index (κ1) is 9.89. The van der Waals surface area contributed by atoms with Gasteiger partial charge in [-0.25, -0.2) is 0 Å². The molecule has 2 aromatic rings. The van der Waals surface area contributed by atoms with Gasteiger partial charge in [-0.1, -0.05) is 0 Å². The van der Waals surface area contributed by atoms with Crippen LogP contribution in [0.25, 0.3) is 11.3 Å². The molecule has 2 rings (SSSR count). The van der Waals surface area contributed by atoms with Crippen LogP contribution in [0.15, 0.2) is 29.2 Å². The molecule has 0 radical (unpaired) electrons. The topological polar surface area (TPSA) is 82.0 Å². The molecule has 0 aliphatic carbocycles. The van der Waals surface area contributed by atoms with E-state index in [0.717, 1.165) is 11.3 Å². The van der Waals surface area contributed by atoms with Crippen LogP contribution < -0.4 is 5.73 Å². The number of nitrogens with zero attached hydrogens (tertiary/aromatic N) is 2. The van der Waals surface area contributed by atoms with Crippen molar-refractivity contribution in [3.63, 3.8) is 0 Å². The average Bonchev–Trinajstić information content (AvgIpc) is 2.65. The van der Waals surface area contributed by atoms with E-state index in [1.807, 2.05) is 4.94 Å². The minimum absolute atomic E-state index is 0.0832. The first-order chi connectivity index (χ1) is 7.16. The maximum absolute atomic E-state index is 10.4. The van der Waals surface area contributed by atoms with Gasteiger partial charge in [0.25, 0.3) is 0 Å². The molecule has 0 aliphatic rings. The molecular weight excluding hydrogens is 261 g/mol. The van der Waals surface area contributed by atoms with Crippen LogP contribution in [0.3, 0.4) is 0 Å². The molecule has 6 heteroatoms. The minimum atomic E-state index is -0.422. The molecule has 0 spiro atoms. The molecule has 0 amide bonds. The van der Waals surface area contributed by atoms with Gasteiger partial charge in [0.05, 0.1) is 0 Å². The van der Waals surface area contributed by atoms with Crippen molar-refractivity contribution >= 4 is 24.9 Å². The van der Waals surface area contributed by atoms with Crippen molar-refractivity contribution in [3.05, 3.63) is 39.3 Å². The van der Waals surface area contributed by atoms with Gasteiger partial charge in [-0.05, 0) is 0 Å². The summed E-state index contributed by atoms with van der Waals surface area (Å²) in [4.78, 5) is 16.1. The van der Waals surface area contributed by atoms with E-state index in [9.17, 15) is 10.1 Å². The molecule has 0 saturated carbocycles. The number of hydrogen-bond acceptors (Lipinski definition) is 4. The fraction of sp³-hybridized carbons (Fsp3) is 0. The molecule has 5 nitrogen and oxygen atoms in total. The molecule has 1 heterocycles. The van der Waals surface area contributed by atoms with Crippen LogP contribution in [0, 0.1) is 10.1 Å². The van der Waals surface area contributed by atoms with E-state index in [0.29, 0.717) is 4.69 Å². The molecule has 1 aromatic carbocycles. The summed E-state index contributed by atoms with van der Waals surface area (Å²) in [5.41, 5.74) is 7.31. The molecule has 15 heavy (non-hydrogen) atoms. The standard InChI is InChI=1S/C9H7N3O2Se/c10-9-11-8(5-15-9)6-1-3-7(4-2-6)12(13)14/h1-5H,(H2,10,11). The van der Waals surface area contributed by atoms with Crippen LogP contribution in [0.2, 0.25) is 0 Å². The van der Waals surface area contributed by atoms with Crippen LogP contribution in [-0.4, -0.2) is 24.4 Å². The fourth-order valence-corrected chi connectivity index (χ4v) is 2.37. The van der Waals surface area contributed by atoms with E-state index in [-0.39, 0.29) is 20.2 Å². The summed E-state index contributed by atoms with van der Waals surface area (Å²) in [5, 5.41) is 10.4. The number of anilines is 1. The van der Waals surface area contributed by atoms with E-state index >= 15 is 0 Å². The molecule has 0 aliphatic heterocycles. The predicted octanol–water partition coefficient (Wildman–Crippen LogP) is 1.30. The van der Waals surface area contributed by atoms with E-state index in [1.165, 1.54) is 12.1 Å². The van der Waals surface area contributed by atoms with Crippen molar-refractivity contribution in [2.45, 2.75) is 0 Å².